The Labute approximate surface area is 171 Å². The smallest absolute Gasteiger partial charge is 0.191 e. The molecule has 0 spiro atoms. The third-order valence-electron chi connectivity index (χ3n) is 4.55. The Morgan fingerprint density at radius 3 is 2.54 bits per heavy atom. The quantitative estimate of drug-likeness (QED) is 0.208. The SMILES string of the molecule is CCNC(=NCCCN(C)C1CCCCC1)NCCCCSC.I. The minimum atomic E-state index is 0. The van der Waals surface area contributed by atoms with Crippen LogP contribution in [0.1, 0.15) is 58.3 Å². The Morgan fingerprint density at radius 1 is 1.12 bits per heavy atom. The molecule has 0 bridgehead atoms. The van der Waals surface area contributed by atoms with E-state index in [1.807, 2.05) is 11.8 Å². The molecule has 0 aromatic heterocycles. The highest BCUT2D eigenvalue weighted by Gasteiger charge is 2.17. The molecular formula is C18H39IN4S. The van der Waals surface area contributed by atoms with Crippen LogP contribution in [0, 0.1) is 0 Å². The van der Waals surface area contributed by atoms with Crippen LogP contribution in [0.15, 0.2) is 4.99 Å². The van der Waals surface area contributed by atoms with Gasteiger partial charge in [0.2, 0.25) is 0 Å². The van der Waals surface area contributed by atoms with Crippen molar-refractivity contribution in [3.63, 3.8) is 0 Å². The molecule has 0 atom stereocenters. The second-order valence-electron chi connectivity index (χ2n) is 6.51. The molecule has 0 aromatic rings. The van der Waals surface area contributed by atoms with Gasteiger partial charge in [-0.1, -0.05) is 19.3 Å². The van der Waals surface area contributed by atoms with Gasteiger partial charge in [-0.3, -0.25) is 4.99 Å². The Hall–Kier alpha value is 0.310. The lowest BCUT2D eigenvalue weighted by Gasteiger charge is -2.31. The lowest BCUT2D eigenvalue weighted by Crippen LogP contribution is -2.38. The van der Waals surface area contributed by atoms with Crippen molar-refractivity contribution in [3.8, 4) is 0 Å². The summed E-state index contributed by atoms with van der Waals surface area (Å²) in [6, 6.07) is 0.815. The van der Waals surface area contributed by atoms with Crippen LogP contribution in [0.2, 0.25) is 0 Å². The van der Waals surface area contributed by atoms with E-state index < -0.39 is 0 Å². The Balaban J connectivity index is 0.00000529. The van der Waals surface area contributed by atoms with E-state index in [0.29, 0.717) is 0 Å². The number of aliphatic imine (C=N–C) groups is 1. The highest BCUT2D eigenvalue weighted by molar-refractivity contribution is 14.0. The molecule has 1 aliphatic rings. The molecule has 1 saturated carbocycles. The molecule has 24 heavy (non-hydrogen) atoms. The van der Waals surface area contributed by atoms with Crippen LogP contribution in [0.5, 0.6) is 0 Å². The summed E-state index contributed by atoms with van der Waals surface area (Å²) in [7, 11) is 2.29. The van der Waals surface area contributed by atoms with Crippen LogP contribution in [0.4, 0.5) is 0 Å². The van der Waals surface area contributed by atoms with Gasteiger partial charge in [0.25, 0.3) is 0 Å². The monoisotopic (exact) mass is 470 g/mol. The summed E-state index contributed by atoms with van der Waals surface area (Å²) in [5, 5.41) is 6.79. The zero-order valence-corrected chi connectivity index (χ0v) is 19.1. The first-order chi connectivity index (χ1) is 11.3. The van der Waals surface area contributed by atoms with Crippen LogP contribution in [0.3, 0.4) is 0 Å². The molecule has 1 aliphatic carbocycles. The van der Waals surface area contributed by atoms with Crippen molar-refractivity contribution < 1.29 is 0 Å². The summed E-state index contributed by atoms with van der Waals surface area (Å²) < 4.78 is 0. The Morgan fingerprint density at radius 2 is 1.88 bits per heavy atom. The van der Waals surface area contributed by atoms with Crippen LogP contribution in [-0.2, 0) is 0 Å². The van der Waals surface area contributed by atoms with Gasteiger partial charge in [0.15, 0.2) is 5.96 Å². The maximum absolute atomic E-state index is 4.71. The maximum atomic E-state index is 4.71. The summed E-state index contributed by atoms with van der Waals surface area (Å²) in [6.07, 6.45) is 12.9. The molecule has 0 aromatic carbocycles. The van der Waals surface area contributed by atoms with E-state index >= 15 is 0 Å². The van der Waals surface area contributed by atoms with Crippen molar-refractivity contribution in [2.75, 3.05) is 45.2 Å². The van der Waals surface area contributed by atoms with Crippen LogP contribution in [-0.4, -0.2) is 62.1 Å². The van der Waals surface area contributed by atoms with Crippen molar-refractivity contribution in [1.82, 2.24) is 15.5 Å². The molecule has 0 unspecified atom stereocenters. The maximum Gasteiger partial charge on any atom is 0.191 e. The first-order valence-corrected chi connectivity index (χ1v) is 10.9. The second kappa shape index (κ2) is 16.8. The molecule has 0 amide bonds. The van der Waals surface area contributed by atoms with Gasteiger partial charge in [-0.05, 0) is 64.6 Å². The topological polar surface area (TPSA) is 39.7 Å². The van der Waals surface area contributed by atoms with E-state index in [9.17, 15) is 0 Å². The lowest BCUT2D eigenvalue weighted by atomic mass is 9.94. The number of unbranched alkanes of at least 4 members (excludes halogenated alkanes) is 1. The fourth-order valence-corrected chi connectivity index (χ4v) is 3.63. The first kappa shape index (κ1) is 24.3. The summed E-state index contributed by atoms with van der Waals surface area (Å²) in [4.78, 5) is 7.26. The van der Waals surface area contributed by atoms with Gasteiger partial charge in [-0.15, -0.1) is 24.0 Å². The molecule has 0 radical (unpaired) electrons. The largest absolute Gasteiger partial charge is 0.357 e. The van der Waals surface area contributed by atoms with E-state index in [4.69, 9.17) is 4.99 Å². The fourth-order valence-electron chi connectivity index (χ4n) is 3.14. The zero-order valence-electron chi connectivity index (χ0n) is 16.0. The van der Waals surface area contributed by atoms with Crippen LogP contribution >= 0.6 is 35.7 Å². The molecular weight excluding hydrogens is 431 g/mol. The summed E-state index contributed by atoms with van der Waals surface area (Å²) in [6.45, 7) is 6.16. The Kier molecular flexibility index (Phi) is 17.0. The number of thioether (sulfide) groups is 1. The van der Waals surface area contributed by atoms with E-state index in [0.717, 1.165) is 38.1 Å². The second-order valence-corrected chi connectivity index (χ2v) is 7.50. The van der Waals surface area contributed by atoms with Gasteiger partial charge < -0.3 is 15.5 Å². The first-order valence-electron chi connectivity index (χ1n) is 9.49. The fraction of sp³-hybridized carbons (Fsp3) is 0.944. The highest BCUT2D eigenvalue weighted by Crippen LogP contribution is 2.21. The number of halogens is 1. The van der Waals surface area contributed by atoms with Gasteiger partial charge in [-0.2, -0.15) is 11.8 Å². The molecule has 0 saturated heterocycles. The zero-order chi connectivity index (χ0) is 16.8. The van der Waals surface area contributed by atoms with Crippen molar-refractivity contribution in [1.29, 1.82) is 0 Å². The normalized spacial score (nSPS) is 16.1. The van der Waals surface area contributed by atoms with Crippen molar-refractivity contribution >= 4 is 41.7 Å². The van der Waals surface area contributed by atoms with E-state index in [2.05, 4.69) is 35.8 Å². The average Bonchev–Trinajstić information content (AvgIpc) is 2.59. The molecule has 1 rings (SSSR count). The third kappa shape index (κ3) is 11.8. The van der Waals surface area contributed by atoms with Crippen molar-refractivity contribution in [2.24, 2.45) is 4.99 Å². The standard InChI is InChI=1S/C18H38N4S.HI/c1-4-19-18(20-13-8-9-16-23-3)21-14-10-15-22(2)17-11-6-5-7-12-17;/h17H,4-16H2,1-3H3,(H2,19,20,21);1H. The number of nitrogens with zero attached hydrogens (tertiary/aromatic N) is 2. The highest BCUT2D eigenvalue weighted by atomic mass is 127. The number of hydrogen-bond acceptors (Lipinski definition) is 3. The average molecular weight is 471 g/mol. The van der Waals surface area contributed by atoms with Gasteiger partial charge in [0, 0.05) is 25.7 Å². The molecule has 0 aliphatic heterocycles. The molecule has 1 fully saturated rings. The number of hydrogen-bond donors (Lipinski definition) is 2. The van der Waals surface area contributed by atoms with Crippen LogP contribution in [0.25, 0.3) is 0 Å². The molecule has 0 heterocycles. The molecule has 144 valence electrons. The predicted octanol–water partition coefficient (Wildman–Crippen LogP) is 3.96. The van der Waals surface area contributed by atoms with E-state index in [1.165, 1.54) is 57.2 Å². The van der Waals surface area contributed by atoms with Gasteiger partial charge in [0.05, 0.1) is 0 Å². The van der Waals surface area contributed by atoms with Crippen LogP contribution < -0.4 is 10.6 Å². The molecule has 2 N–H and O–H groups in total. The third-order valence-corrected chi connectivity index (χ3v) is 5.25. The van der Waals surface area contributed by atoms with Crippen molar-refractivity contribution in [3.05, 3.63) is 0 Å². The summed E-state index contributed by atoms with van der Waals surface area (Å²) in [5.74, 6) is 2.24. The number of guanidine groups is 1. The van der Waals surface area contributed by atoms with E-state index in [1.54, 1.807) is 0 Å². The molecule has 6 heteroatoms. The summed E-state index contributed by atoms with van der Waals surface area (Å²) >= 11 is 1.92. The van der Waals surface area contributed by atoms with Gasteiger partial charge in [0.1, 0.15) is 0 Å². The predicted molar refractivity (Wildman–Crippen MR) is 121 cm³/mol. The number of nitrogens with one attached hydrogen (secondary N) is 2. The molecule has 4 nitrogen and oxygen atoms in total. The lowest BCUT2D eigenvalue weighted by molar-refractivity contribution is 0.191. The van der Waals surface area contributed by atoms with Gasteiger partial charge in [-0.25, -0.2) is 0 Å². The number of rotatable bonds is 11. The van der Waals surface area contributed by atoms with Crippen molar-refractivity contribution in [2.45, 2.75) is 64.3 Å². The van der Waals surface area contributed by atoms with Gasteiger partial charge >= 0.3 is 0 Å². The minimum Gasteiger partial charge on any atom is -0.357 e. The summed E-state index contributed by atoms with van der Waals surface area (Å²) in [5.41, 5.74) is 0. The minimum absolute atomic E-state index is 0. The van der Waals surface area contributed by atoms with E-state index in [-0.39, 0.29) is 24.0 Å². The Bertz CT molecular complexity index is 309.